The van der Waals surface area contributed by atoms with E-state index in [1.807, 2.05) is 30.0 Å². The summed E-state index contributed by atoms with van der Waals surface area (Å²) >= 11 is 3.52. The minimum Gasteiger partial charge on any atom is -0.339 e. The molecule has 0 bridgehead atoms. The maximum Gasteiger partial charge on any atom is 0.256 e. The van der Waals surface area contributed by atoms with E-state index in [4.69, 9.17) is 0 Å². The third kappa shape index (κ3) is 3.93. The molecule has 1 aliphatic heterocycles. The molecule has 1 aromatic carbocycles. The minimum absolute atomic E-state index is 0.0185. The predicted molar refractivity (Wildman–Crippen MR) is 98.5 cm³/mol. The quantitative estimate of drug-likeness (QED) is 0.857. The van der Waals surface area contributed by atoms with Gasteiger partial charge in [-0.1, -0.05) is 13.0 Å². The smallest absolute Gasteiger partial charge is 0.256 e. The van der Waals surface area contributed by atoms with E-state index in [9.17, 15) is 4.79 Å². The highest BCUT2D eigenvalue weighted by Gasteiger charge is 2.21. The van der Waals surface area contributed by atoms with Crippen molar-refractivity contribution in [1.29, 1.82) is 0 Å². The van der Waals surface area contributed by atoms with Gasteiger partial charge >= 0.3 is 0 Å². The fourth-order valence-electron chi connectivity index (χ4n) is 2.74. The van der Waals surface area contributed by atoms with Crippen LogP contribution in [0.1, 0.15) is 35.7 Å². The molecule has 0 radical (unpaired) electrons. The first-order chi connectivity index (χ1) is 11.5. The Labute approximate surface area is 150 Å². The number of anilines is 2. The Morgan fingerprint density at radius 2 is 1.92 bits per heavy atom. The van der Waals surface area contributed by atoms with Crippen molar-refractivity contribution < 1.29 is 4.79 Å². The highest BCUT2D eigenvalue weighted by Crippen LogP contribution is 2.25. The molecule has 0 saturated carbocycles. The number of nitrogens with one attached hydrogen (secondary N) is 1. The summed E-state index contributed by atoms with van der Waals surface area (Å²) in [5.74, 6) is 1.19. The van der Waals surface area contributed by atoms with E-state index < -0.39 is 0 Å². The number of likely N-dealkylation sites (tertiary alicyclic amines) is 1. The van der Waals surface area contributed by atoms with Crippen LogP contribution in [0, 0.1) is 12.8 Å². The van der Waals surface area contributed by atoms with Crippen molar-refractivity contribution in [3.05, 3.63) is 46.2 Å². The van der Waals surface area contributed by atoms with Crippen molar-refractivity contribution in [2.75, 3.05) is 18.4 Å². The van der Waals surface area contributed by atoms with Gasteiger partial charge in [0.15, 0.2) is 0 Å². The van der Waals surface area contributed by atoms with Gasteiger partial charge < -0.3 is 10.2 Å². The summed E-state index contributed by atoms with van der Waals surface area (Å²) < 4.78 is 0.952. The summed E-state index contributed by atoms with van der Waals surface area (Å²) in [5.41, 5.74) is 2.60. The Bertz CT molecular complexity index is 724. The molecule has 2 aromatic rings. The lowest BCUT2D eigenvalue weighted by Gasteiger charge is -2.30. The summed E-state index contributed by atoms with van der Waals surface area (Å²) in [6.07, 6.45) is 5.32. The molecule has 1 fully saturated rings. The molecule has 1 saturated heterocycles. The second-order valence-corrected chi connectivity index (χ2v) is 7.23. The number of carbonyl (C=O) groups is 1. The normalized spacial score (nSPS) is 15.4. The van der Waals surface area contributed by atoms with Crippen LogP contribution in [0.5, 0.6) is 0 Å². The van der Waals surface area contributed by atoms with Crippen molar-refractivity contribution >= 4 is 33.5 Å². The number of rotatable bonds is 3. The van der Waals surface area contributed by atoms with E-state index >= 15 is 0 Å². The zero-order valence-corrected chi connectivity index (χ0v) is 15.5. The van der Waals surface area contributed by atoms with Crippen LogP contribution in [-0.4, -0.2) is 33.9 Å². The van der Waals surface area contributed by atoms with Crippen molar-refractivity contribution in [3.8, 4) is 0 Å². The fourth-order valence-corrected chi connectivity index (χ4v) is 3.33. The zero-order valence-electron chi connectivity index (χ0n) is 13.9. The van der Waals surface area contributed by atoms with E-state index in [-0.39, 0.29) is 5.91 Å². The van der Waals surface area contributed by atoms with Crippen molar-refractivity contribution in [3.63, 3.8) is 0 Å². The van der Waals surface area contributed by atoms with Crippen LogP contribution in [0.2, 0.25) is 0 Å². The first-order valence-corrected chi connectivity index (χ1v) is 8.97. The van der Waals surface area contributed by atoms with Gasteiger partial charge in [0.1, 0.15) is 0 Å². The topological polar surface area (TPSA) is 58.1 Å². The number of aromatic nitrogens is 2. The van der Waals surface area contributed by atoms with Gasteiger partial charge in [0.25, 0.3) is 5.91 Å². The summed E-state index contributed by atoms with van der Waals surface area (Å²) in [6, 6.07) is 6.01. The van der Waals surface area contributed by atoms with Gasteiger partial charge in [-0.3, -0.25) is 4.79 Å². The van der Waals surface area contributed by atoms with Gasteiger partial charge in [0, 0.05) is 30.0 Å². The molecule has 24 heavy (non-hydrogen) atoms. The monoisotopic (exact) mass is 388 g/mol. The first kappa shape index (κ1) is 16.9. The summed E-state index contributed by atoms with van der Waals surface area (Å²) in [4.78, 5) is 22.9. The van der Waals surface area contributed by atoms with Crippen LogP contribution in [-0.2, 0) is 0 Å². The molecule has 5 nitrogen and oxygen atoms in total. The summed E-state index contributed by atoms with van der Waals surface area (Å²) in [6.45, 7) is 5.90. The van der Waals surface area contributed by atoms with Gasteiger partial charge in [-0.2, -0.15) is 0 Å². The molecule has 1 aliphatic rings. The maximum atomic E-state index is 12.5. The number of carbonyl (C=O) groups excluding carboxylic acids is 1. The zero-order chi connectivity index (χ0) is 17.1. The number of hydrogen-bond donors (Lipinski definition) is 1. The van der Waals surface area contributed by atoms with E-state index in [0.29, 0.717) is 17.4 Å². The molecular formula is C18H21BrN4O. The van der Waals surface area contributed by atoms with Gasteiger partial charge in [-0.05, 0) is 59.3 Å². The Hall–Kier alpha value is -1.95. The summed E-state index contributed by atoms with van der Waals surface area (Å²) in [5, 5.41) is 3.16. The van der Waals surface area contributed by atoms with Crippen LogP contribution >= 0.6 is 15.9 Å². The largest absolute Gasteiger partial charge is 0.339 e. The van der Waals surface area contributed by atoms with Crippen LogP contribution in [0.15, 0.2) is 35.1 Å². The Morgan fingerprint density at radius 3 is 2.54 bits per heavy atom. The Morgan fingerprint density at radius 1 is 1.25 bits per heavy atom. The number of halogens is 1. The second-order valence-electron chi connectivity index (χ2n) is 6.38. The van der Waals surface area contributed by atoms with Crippen LogP contribution in [0.25, 0.3) is 0 Å². The van der Waals surface area contributed by atoms with Gasteiger partial charge in [0.05, 0.1) is 11.3 Å². The lowest BCUT2D eigenvalue weighted by molar-refractivity contribution is 0.0696. The lowest BCUT2D eigenvalue weighted by Crippen LogP contribution is -2.38. The third-order valence-electron chi connectivity index (χ3n) is 4.34. The molecule has 3 rings (SSSR count). The number of benzene rings is 1. The van der Waals surface area contributed by atoms with E-state index in [0.717, 1.165) is 36.1 Å². The third-order valence-corrected chi connectivity index (χ3v) is 5.00. The predicted octanol–water partition coefficient (Wildman–Crippen LogP) is 4.16. The molecule has 0 spiro atoms. The van der Waals surface area contributed by atoms with Gasteiger partial charge in [-0.25, -0.2) is 9.97 Å². The number of nitrogens with zero attached hydrogens (tertiary/aromatic N) is 3. The van der Waals surface area contributed by atoms with Crippen LogP contribution in [0.4, 0.5) is 11.6 Å². The van der Waals surface area contributed by atoms with E-state index in [1.54, 1.807) is 12.4 Å². The average Bonchev–Trinajstić information content (AvgIpc) is 2.58. The number of piperidine rings is 1. The Balaban J connectivity index is 1.68. The van der Waals surface area contributed by atoms with E-state index in [2.05, 4.69) is 38.1 Å². The molecule has 2 heterocycles. The standard InChI is InChI=1S/C18H21BrN4O/c1-12-5-7-23(8-6-12)17(24)14-10-20-18(21-11-14)22-16-4-3-13(2)9-15(16)19/h3-4,9-12H,5-8H2,1-2H3,(H,20,21,22). The second kappa shape index (κ2) is 7.30. The molecule has 0 atom stereocenters. The summed E-state index contributed by atoms with van der Waals surface area (Å²) in [7, 11) is 0. The molecule has 0 aliphatic carbocycles. The fraction of sp³-hybridized carbons (Fsp3) is 0.389. The molecule has 6 heteroatoms. The lowest BCUT2D eigenvalue weighted by atomic mass is 9.99. The van der Waals surface area contributed by atoms with Crippen molar-refractivity contribution in [1.82, 2.24) is 14.9 Å². The first-order valence-electron chi connectivity index (χ1n) is 8.17. The highest BCUT2D eigenvalue weighted by atomic mass is 79.9. The number of aryl methyl sites for hydroxylation is 1. The number of hydrogen-bond acceptors (Lipinski definition) is 4. The van der Waals surface area contributed by atoms with Gasteiger partial charge in [0.2, 0.25) is 5.95 Å². The molecule has 1 aromatic heterocycles. The highest BCUT2D eigenvalue weighted by molar-refractivity contribution is 9.10. The van der Waals surface area contributed by atoms with Gasteiger partial charge in [-0.15, -0.1) is 0 Å². The average molecular weight is 389 g/mol. The van der Waals surface area contributed by atoms with E-state index in [1.165, 1.54) is 5.56 Å². The number of amides is 1. The SMILES string of the molecule is Cc1ccc(Nc2ncc(C(=O)N3CCC(C)CC3)cn2)c(Br)c1. The van der Waals surface area contributed by atoms with Crippen LogP contribution < -0.4 is 5.32 Å². The van der Waals surface area contributed by atoms with Crippen LogP contribution in [0.3, 0.4) is 0 Å². The van der Waals surface area contributed by atoms with Crippen molar-refractivity contribution in [2.24, 2.45) is 5.92 Å². The minimum atomic E-state index is 0.0185. The molecular weight excluding hydrogens is 368 g/mol. The molecule has 0 unspecified atom stereocenters. The molecule has 1 N–H and O–H groups in total. The molecule has 1 amide bonds. The van der Waals surface area contributed by atoms with Crippen molar-refractivity contribution in [2.45, 2.75) is 26.7 Å². The maximum absolute atomic E-state index is 12.5. The molecule has 126 valence electrons. The Kier molecular flexibility index (Phi) is 5.14.